The molecule has 7 aromatic rings. The van der Waals surface area contributed by atoms with Crippen LogP contribution in [0, 0.1) is 0 Å². The normalized spacial score (nSPS) is 12.2. The van der Waals surface area contributed by atoms with Gasteiger partial charge in [0.15, 0.2) is 0 Å². The molecule has 0 N–H and O–H groups in total. The Labute approximate surface area is 382 Å². The van der Waals surface area contributed by atoms with Crippen LogP contribution in [-0.2, 0) is 27.1 Å². The molecule has 0 radical (unpaired) electrons. The van der Waals surface area contributed by atoms with Gasteiger partial charge in [-0.1, -0.05) is 133 Å². The topological polar surface area (TPSA) is 61.8 Å². The third-order valence-electron chi connectivity index (χ3n) is 13.5. The van der Waals surface area contributed by atoms with E-state index in [1.807, 2.05) is 72.8 Å². The van der Waals surface area contributed by atoms with Crippen molar-refractivity contribution in [3.63, 3.8) is 0 Å². The highest BCUT2D eigenvalue weighted by Gasteiger charge is 2.27. The van der Waals surface area contributed by atoms with E-state index in [1.165, 1.54) is 16.7 Å². The number of hydrogen-bond donors (Lipinski definition) is 0. The van der Waals surface area contributed by atoms with Crippen molar-refractivity contribution in [2.45, 2.75) is 114 Å². The van der Waals surface area contributed by atoms with Gasteiger partial charge in [0, 0.05) is 5.41 Å². The zero-order valence-electron chi connectivity index (χ0n) is 38.7. The fraction of sp³-hybridized carbons (Fsp3) is 0.276. The van der Waals surface area contributed by atoms with E-state index in [9.17, 15) is 8.42 Å². The van der Waals surface area contributed by atoms with Crippen LogP contribution < -0.4 is 14.2 Å². The van der Waals surface area contributed by atoms with Crippen LogP contribution in [0.4, 0.5) is 0 Å². The van der Waals surface area contributed by atoms with Crippen molar-refractivity contribution in [3.8, 4) is 39.9 Å². The van der Waals surface area contributed by atoms with Gasteiger partial charge in [0.2, 0.25) is 9.84 Å². The first-order valence-electron chi connectivity index (χ1n) is 22.7. The average molecular weight is 871 g/mol. The molecule has 0 fully saturated rings. The molecule has 64 heavy (non-hydrogen) atoms. The minimum atomic E-state index is -3.73. The van der Waals surface area contributed by atoms with Crippen LogP contribution >= 0.6 is 0 Å². The molecule has 6 heteroatoms. The van der Waals surface area contributed by atoms with E-state index >= 15 is 0 Å². The first-order valence-corrected chi connectivity index (χ1v) is 24.1. The van der Waals surface area contributed by atoms with Gasteiger partial charge in [-0.3, -0.25) is 0 Å². The second kappa shape index (κ2) is 19.3. The van der Waals surface area contributed by atoms with Crippen LogP contribution in [0.5, 0.6) is 28.7 Å². The molecule has 0 aliphatic carbocycles. The third kappa shape index (κ3) is 10.5. The first-order chi connectivity index (χ1) is 30.7. The monoisotopic (exact) mass is 870 g/mol. The summed E-state index contributed by atoms with van der Waals surface area (Å²) in [7, 11) is -3.73. The lowest BCUT2D eigenvalue weighted by Gasteiger charge is -2.30. The van der Waals surface area contributed by atoms with Gasteiger partial charge in [0.1, 0.15) is 34.3 Å². The zero-order valence-corrected chi connectivity index (χ0v) is 39.5. The van der Waals surface area contributed by atoms with E-state index in [0.29, 0.717) is 11.5 Å². The Morgan fingerprint density at radius 1 is 0.391 bits per heavy atom. The predicted molar refractivity (Wildman–Crippen MR) is 262 cm³/mol. The summed E-state index contributed by atoms with van der Waals surface area (Å²) < 4.78 is 45.7. The van der Waals surface area contributed by atoms with Gasteiger partial charge in [-0.15, -0.1) is 0 Å². The number of hydrogen-bond acceptors (Lipinski definition) is 5. The second-order valence-electron chi connectivity index (χ2n) is 17.9. The van der Waals surface area contributed by atoms with E-state index < -0.39 is 9.84 Å². The molecular weight excluding hydrogens is 809 g/mol. The lowest BCUT2D eigenvalue weighted by molar-refractivity contribution is 0.0802. The van der Waals surface area contributed by atoms with Gasteiger partial charge in [-0.2, -0.15) is 0 Å². The largest absolute Gasteiger partial charge is 0.488 e. The molecule has 0 heterocycles. The molecule has 0 unspecified atom stereocenters. The fourth-order valence-corrected chi connectivity index (χ4v) is 9.22. The third-order valence-corrected chi connectivity index (χ3v) is 15.3. The molecule has 0 bridgehead atoms. The summed E-state index contributed by atoms with van der Waals surface area (Å²) in [5.74, 6) is 3.59. The number of benzene rings is 7. The van der Waals surface area contributed by atoms with Gasteiger partial charge >= 0.3 is 0 Å². The van der Waals surface area contributed by atoms with Crippen molar-refractivity contribution in [3.05, 3.63) is 198 Å². The van der Waals surface area contributed by atoms with Crippen molar-refractivity contribution in [2.24, 2.45) is 0 Å². The van der Waals surface area contributed by atoms with Crippen LogP contribution in [-0.4, -0.2) is 14.0 Å². The molecule has 0 amide bonds. The maximum atomic E-state index is 13.7. The SMILES string of the molecule is CCC(C)(CC)Oc1ccc(Oc2ccc(Cc3ccc(Oc4ccc(S(=O)(=O)c5ccc(-c6ccc(C(C)(C)c7ccc(C(C)(CC)CC)cc7)cc6)cc5)cc4)cc3)cc2)cc1. The molecule has 0 aliphatic rings. The van der Waals surface area contributed by atoms with E-state index in [0.717, 1.165) is 71.6 Å². The van der Waals surface area contributed by atoms with E-state index in [4.69, 9.17) is 14.2 Å². The lowest BCUT2D eigenvalue weighted by Crippen LogP contribution is -2.30. The van der Waals surface area contributed by atoms with Gasteiger partial charge in [-0.05, 0) is 168 Å². The Bertz CT molecular complexity index is 2690. The van der Waals surface area contributed by atoms with Crippen LogP contribution in [0.3, 0.4) is 0 Å². The molecule has 0 saturated heterocycles. The number of rotatable bonds is 18. The molecule has 0 spiro atoms. The van der Waals surface area contributed by atoms with E-state index in [-0.39, 0.29) is 26.2 Å². The van der Waals surface area contributed by atoms with Gasteiger partial charge in [0.05, 0.1) is 9.79 Å². The Balaban J connectivity index is 0.916. The van der Waals surface area contributed by atoms with Gasteiger partial charge in [-0.25, -0.2) is 8.42 Å². The molecule has 0 saturated carbocycles. The van der Waals surface area contributed by atoms with Crippen molar-refractivity contribution in [2.75, 3.05) is 0 Å². The molecule has 0 aromatic heterocycles. The van der Waals surface area contributed by atoms with E-state index in [2.05, 4.69) is 116 Å². The summed E-state index contributed by atoms with van der Waals surface area (Å²) in [5, 5.41) is 0. The molecule has 0 aliphatic heterocycles. The Morgan fingerprint density at radius 3 is 1.12 bits per heavy atom. The predicted octanol–water partition coefficient (Wildman–Crippen LogP) is 15.7. The van der Waals surface area contributed by atoms with E-state index in [1.54, 1.807) is 36.4 Å². The summed E-state index contributed by atoms with van der Waals surface area (Å²) in [4.78, 5) is 0.455. The summed E-state index contributed by atoms with van der Waals surface area (Å²) in [6.45, 7) is 17.8. The number of ether oxygens (including phenoxy) is 3. The van der Waals surface area contributed by atoms with Crippen LogP contribution in [0.15, 0.2) is 180 Å². The smallest absolute Gasteiger partial charge is 0.206 e. The molecule has 330 valence electrons. The quantitative estimate of drug-likeness (QED) is 0.0860. The highest BCUT2D eigenvalue weighted by atomic mass is 32.2. The second-order valence-corrected chi connectivity index (χ2v) is 19.9. The molecule has 7 aromatic carbocycles. The zero-order chi connectivity index (χ0) is 45.5. The Kier molecular flexibility index (Phi) is 13.9. The lowest BCUT2D eigenvalue weighted by atomic mass is 9.74. The summed E-state index contributed by atoms with van der Waals surface area (Å²) in [6.07, 6.45) is 4.87. The molecule has 7 rings (SSSR count). The van der Waals surface area contributed by atoms with Crippen LogP contribution in [0.2, 0.25) is 0 Å². The van der Waals surface area contributed by atoms with Crippen molar-refractivity contribution >= 4 is 9.84 Å². The summed E-state index contributed by atoms with van der Waals surface area (Å²) in [6, 6.07) is 55.3. The van der Waals surface area contributed by atoms with Gasteiger partial charge in [0.25, 0.3) is 0 Å². The van der Waals surface area contributed by atoms with Crippen molar-refractivity contribution in [1.82, 2.24) is 0 Å². The minimum Gasteiger partial charge on any atom is -0.488 e. The number of sulfone groups is 1. The summed E-state index contributed by atoms with van der Waals surface area (Å²) in [5.41, 5.74) is 8.04. The maximum absolute atomic E-state index is 13.7. The minimum absolute atomic E-state index is 0.168. The van der Waals surface area contributed by atoms with Gasteiger partial charge < -0.3 is 14.2 Å². The first kappa shape index (κ1) is 45.9. The molecule has 5 nitrogen and oxygen atoms in total. The summed E-state index contributed by atoms with van der Waals surface area (Å²) >= 11 is 0. The van der Waals surface area contributed by atoms with Crippen molar-refractivity contribution in [1.29, 1.82) is 0 Å². The highest BCUT2D eigenvalue weighted by molar-refractivity contribution is 7.91. The average Bonchev–Trinajstić information content (AvgIpc) is 3.33. The maximum Gasteiger partial charge on any atom is 0.206 e. The molecule has 0 atom stereocenters. The standard InChI is InChI=1S/C58H62O5S/c1-9-57(7,10-2)48-25-23-47(24-26-48)56(5,6)46-21-17-44(18-22-46)45-19-37-54(38-20-45)64(59,60)55-39-35-52(36-40-55)62-50-29-15-43(16-30-50)41-42-13-27-49(28-14-42)61-51-31-33-53(34-32-51)63-58(8,11-3)12-4/h13-40H,9-12,41H2,1-8H3. The van der Waals surface area contributed by atoms with Crippen molar-refractivity contribution < 1.29 is 22.6 Å². The fourth-order valence-electron chi connectivity index (χ4n) is 7.96. The van der Waals surface area contributed by atoms with Crippen LogP contribution in [0.25, 0.3) is 11.1 Å². The molecular formula is C58H62O5S. The highest BCUT2D eigenvalue weighted by Crippen LogP contribution is 2.37. The van der Waals surface area contributed by atoms with Crippen LogP contribution in [0.1, 0.15) is 109 Å². The Morgan fingerprint density at radius 2 is 0.719 bits per heavy atom. The Hall–Kier alpha value is -6.11.